The van der Waals surface area contributed by atoms with Crippen molar-refractivity contribution in [2.24, 2.45) is 0 Å². The van der Waals surface area contributed by atoms with E-state index in [9.17, 15) is 4.79 Å². The number of hydrogen-bond acceptors (Lipinski definition) is 2. The second-order valence-electron chi connectivity index (χ2n) is 5.74. The van der Waals surface area contributed by atoms with Crippen molar-refractivity contribution in [3.05, 3.63) is 59.0 Å². The molecule has 0 bridgehead atoms. The van der Waals surface area contributed by atoms with E-state index >= 15 is 0 Å². The van der Waals surface area contributed by atoms with Gasteiger partial charge in [0, 0.05) is 12.6 Å². The SMILES string of the molecule is CCC(NC(=O)N(C)Cc1ccoc1)c1ccc(C)c(C)c1. The summed E-state index contributed by atoms with van der Waals surface area (Å²) < 4.78 is 5.03. The van der Waals surface area contributed by atoms with Gasteiger partial charge < -0.3 is 14.6 Å². The van der Waals surface area contributed by atoms with Gasteiger partial charge in [0.1, 0.15) is 0 Å². The van der Waals surface area contributed by atoms with E-state index in [2.05, 4.69) is 44.3 Å². The molecule has 0 aliphatic heterocycles. The molecule has 4 heteroatoms. The van der Waals surface area contributed by atoms with Crippen LogP contribution in [0.5, 0.6) is 0 Å². The molecule has 1 aromatic heterocycles. The van der Waals surface area contributed by atoms with E-state index in [1.165, 1.54) is 11.1 Å². The summed E-state index contributed by atoms with van der Waals surface area (Å²) in [6.45, 7) is 6.80. The van der Waals surface area contributed by atoms with Crippen molar-refractivity contribution in [3.63, 3.8) is 0 Å². The van der Waals surface area contributed by atoms with E-state index in [4.69, 9.17) is 4.42 Å². The molecule has 4 nitrogen and oxygen atoms in total. The normalized spacial score (nSPS) is 12.0. The van der Waals surface area contributed by atoms with Crippen molar-refractivity contribution >= 4 is 6.03 Å². The summed E-state index contributed by atoms with van der Waals surface area (Å²) >= 11 is 0. The molecule has 2 aromatic rings. The molecule has 0 aliphatic carbocycles. The summed E-state index contributed by atoms with van der Waals surface area (Å²) in [5, 5.41) is 3.10. The number of nitrogens with one attached hydrogen (secondary N) is 1. The van der Waals surface area contributed by atoms with Gasteiger partial charge in [-0.15, -0.1) is 0 Å². The van der Waals surface area contributed by atoms with Gasteiger partial charge in [-0.3, -0.25) is 0 Å². The highest BCUT2D eigenvalue weighted by molar-refractivity contribution is 5.74. The summed E-state index contributed by atoms with van der Waals surface area (Å²) in [4.78, 5) is 14.0. The van der Waals surface area contributed by atoms with Gasteiger partial charge in [0.05, 0.1) is 25.1 Å². The molecule has 0 spiro atoms. The van der Waals surface area contributed by atoms with E-state index in [1.54, 1.807) is 24.5 Å². The zero-order valence-electron chi connectivity index (χ0n) is 13.7. The van der Waals surface area contributed by atoms with Gasteiger partial charge in [-0.05, 0) is 43.0 Å². The quantitative estimate of drug-likeness (QED) is 0.900. The molecule has 0 fully saturated rings. The Hall–Kier alpha value is -2.23. The fourth-order valence-corrected chi connectivity index (χ4v) is 2.39. The Morgan fingerprint density at radius 3 is 2.64 bits per heavy atom. The number of amides is 2. The van der Waals surface area contributed by atoms with E-state index in [-0.39, 0.29) is 12.1 Å². The lowest BCUT2D eigenvalue weighted by atomic mass is 9.99. The molecule has 1 atom stereocenters. The van der Waals surface area contributed by atoms with Crippen LogP contribution in [0, 0.1) is 13.8 Å². The molecule has 0 saturated heterocycles. The molecule has 0 aliphatic rings. The van der Waals surface area contributed by atoms with Gasteiger partial charge in [-0.2, -0.15) is 0 Å². The standard InChI is InChI=1S/C18H24N2O2/c1-5-17(16-7-6-13(2)14(3)10-16)19-18(21)20(4)11-15-8-9-22-12-15/h6-10,12,17H,5,11H2,1-4H3,(H,19,21). The number of nitrogens with zero attached hydrogens (tertiary/aromatic N) is 1. The minimum absolute atomic E-state index is 0.0265. The smallest absolute Gasteiger partial charge is 0.317 e. The molecule has 1 aromatic carbocycles. The summed E-state index contributed by atoms with van der Waals surface area (Å²) in [6, 6.07) is 8.16. The number of benzene rings is 1. The molecule has 1 N–H and O–H groups in total. The van der Waals surface area contributed by atoms with Crippen molar-refractivity contribution < 1.29 is 9.21 Å². The van der Waals surface area contributed by atoms with Crippen LogP contribution in [-0.2, 0) is 6.54 Å². The Labute approximate surface area is 132 Å². The van der Waals surface area contributed by atoms with E-state index < -0.39 is 0 Å². The first-order chi connectivity index (χ1) is 10.5. The number of furan rings is 1. The van der Waals surface area contributed by atoms with Crippen LogP contribution in [0.25, 0.3) is 0 Å². The van der Waals surface area contributed by atoms with Crippen LogP contribution in [0.3, 0.4) is 0 Å². The molecule has 1 unspecified atom stereocenters. The molecule has 22 heavy (non-hydrogen) atoms. The number of urea groups is 1. The summed E-state index contributed by atoms with van der Waals surface area (Å²) in [5.41, 5.74) is 4.64. The fraction of sp³-hybridized carbons (Fsp3) is 0.389. The van der Waals surface area contributed by atoms with E-state index in [0.717, 1.165) is 17.5 Å². The van der Waals surface area contributed by atoms with Crippen LogP contribution >= 0.6 is 0 Å². The maximum Gasteiger partial charge on any atom is 0.317 e. The van der Waals surface area contributed by atoms with Gasteiger partial charge in [-0.1, -0.05) is 25.1 Å². The molecule has 2 amide bonds. The second-order valence-corrected chi connectivity index (χ2v) is 5.74. The predicted octanol–water partition coefficient (Wildman–Crippen LogP) is 4.19. The van der Waals surface area contributed by atoms with Crippen molar-refractivity contribution in [2.45, 2.75) is 39.8 Å². The lowest BCUT2D eigenvalue weighted by Crippen LogP contribution is -2.38. The van der Waals surface area contributed by atoms with Crippen LogP contribution < -0.4 is 5.32 Å². The monoisotopic (exact) mass is 300 g/mol. The third-order valence-corrected chi connectivity index (χ3v) is 3.99. The van der Waals surface area contributed by atoms with E-state index in [0.29, 0.717) is 6.54 Å². The van der Waals surface area contributed by atoms with Crippen LogP contribution in [0.1, 0.15) is 41.6 Å². The zero-order chi connectivity index (χ0) is 16.1. The average Bonchev–Trinajstić information content (AvgIpc) is 3.00. The largest absolute Gasteiger partial charge is 0.472 e. The van der Waals surface area contributed by atoms with Crippen LogP contribution in [0.4, 0.5) is 4.79 Å². The Morgan fingerprint density at radius 2 is 2.05 bits per heavy atom. The Balaban J connectivity index is 2.02. The number of hydrogen-bond donors (Lipinski definition) is 1. The van der Waals surface area contributed by atoms with Crippen molar-refractivity contribution in [2.75, 3.05) is 7.05 Å². The van der Waals surface area contributed by atoms with Gasteiger partial charge in [0.15, 0.2) is 0 Å². The summed E-state index contributed by atoms with van der Waals surface area (Å²) in [6.07, 6.45) is 4.13. The number of carbonyl (C=O) groups is 1. The molecule has 118 valence electrons. The lowest BCUT2D eigenvalue weighted by Gasteiger charge is -2.23. The predicted molar refractivity (Wildman–Crippen MR) is 87.7 cm³/mol. The maximum absolute atomic E-state index is 12.3. The molecular formula is C18H24N2O2. The topological polar surface area (TPSA) is 45.5 Å². The fourth-order valence-electron chi connectivity index (χ4n) is 2.39. The molecule has 2 rings (SSSR count). The maximum atomic E-state index is 12.3. The first kappa shape index (κ1) is 16.1. The molecule has 0 saturated carbocycles. The third-order valence-electron chi connectivity index (χ3n) is 3.99. The van der Waals surface area contributed by atoms with Gasteiger partial charge in [0.2, 0.25) is 0 Å². The lowest BCUT2D eigenvalue weighted by molar-refractivity contribution is 0.202. The van der Waals surface area contributed by atoms with Crippen LogP contribution in [0.15, 0.2) is 41.2 Å². The number of carbonyl (C=O) groups excluding carboxylic acids is 1. The highest BCUT2D eigenvalue weighted by atomic mass is 16.3. The van der Waals surface area contributed by atoms with E-state index in [1.807, 2.05) is 6.07 Å². The van der Waals surface area contributed by atoms with Gasteiger partial charge in [0.25, 0.3) is 0 Å². The Bertz CT molecular complexity index is 620. The number of aryl methyl sites for hydroxylation is 2. The summed E-state index contributed by atoms with van der Waals surface area (Å²) in [7, 11) is 1.79. The first-order valence-electron chi connectivity index (χ1n) is 7.61. The van der Waals surface area contributed by atoms with Crippen molar-refractivity contribution in [1.29, 1.82) is 0 Å². The van der Waals surface area contributed by atoms with Crippen LogP contribution in [-0.4, -0.2) is 18.0 Å². The minimum Gasteiger partial charge on any atom is -0.472 e. The molecule has 1 heterocycles. The van der Waals surface area contributed by atoms with Crippen molar-refractivity contribution in [3.8, 4) is 0 Å². The highest BCUT2D eigenvalue weighted by Gasteiger charge is 2.16. The second kappa shape index (κ2) is 7.16. The minimum atomic E-state index is -0.0775. The van der Waals surface area contributed by atoms with Gasteiger partial charge in [-0.25, -0.2) is 4.79 Å². The third kappa shape index (κ3) is 3.91. The Kier molecular flexibility index (Phi) is 5.26. The molecule has 0 radical (unpaired) electrons. The first-order valence-corrected chi connectivity index (χ1v) is 7.61. The summed E-state index contributed by atoms with van der Waals surface area (Å²) in [5.74, 6) is 0. The highest BCUT2D eigenvalue weighted by Crippen LogP contribution is 2.20. The van der Waals surface area contributed by atoms with Crippen LogP contribution in [0.2, 0.25) is 0 Å². The average molecular weight is 300 g/mol. The molecular weight excluding hydrogens is 276 g/mol. The Morgan fingerprint density at radius 1 is 1.27 bits per heavy atom. The van der Waals surface area contributed by atoms with Crippen molar-refractivity contribution in [1.82, 2.24) is 10.2 Å². The zero-order valence-corrected chi connectivity index (χ0v) is 13.7. The van der Waals surface area contributed by atoms with Gasteiger partial charge >= 0.3 is 6.03 Å². The number of rotatable bonds is 5.